The van der Waals surface area contributed by atoms with Gasteiger partial charge in [-0.05, 0) is 69.1 Å². The second kappa shape index (κ2) is 8.20. The zero-order chi connectivity index (χ0) is 25.8. The Morgan fingerprint density at radius 3 is 1.14 bits per heavy atom. The van der Waals surface area contributed by atoms with Crippen molar-refractivity contribution in [2.24, 2.45) is 0 Å². The van der Waals surface area contributed by atoms with Crippen molar-refractivity contribution in [1.82, 2.24) is 0 Å². The van der Waals surface area contributed by atoms with E-state index in [0.29, 0.717) is 0 Å². The molecule has 0 bridgehead atoms. The van der Waals surface area contributed by atoms with Crippen LogP contribution in [0.5, 0.6) is 23.0 Å². The van der Waals surface area contributed by atoms with E-state index in [9.17, 15) is 20.4 Å². The highest BCUT2D eigenvalue weighted by Gasteiger charge is 2.31. The third-order valence-electron chi connectivity index (χ3n) is 7.54. The Bertz CT molecular complexity index is 1480. The van der Waals surface area contributed by atoms with Gasteiger partial charge in [-0.15, -0.1) is 0 Å². The summed E-state index contributed by atoms with van der Waals surface area (Å²) < 4.78 is 0. The third kappa shape index (κ3) is 3.70. The molecule has 4 nitrogen and oxygen atoms in total. The summed E-state index contributed by atoms with van der Waals surface area (Å²) in [5.41, 5.74) is 2.43. The molecule has 0 heterocycles. The first-order valence-corrected chi connectivity index (χ1v) is 12.0. The molecule has 4 N–H and O–H groups in total. The summed E-state index contributed by atoms with van der Waals surface area (Å²) in [7, 11) is 0. The maximum Gasteiger partial charge on any atom is 0.120 e. The van der Waals surface area contributed by atoms with Gasteiger partial charge in [0.25, 0.3) is 0 Å². The number of hydrogen-bond donors (Lipinski definition) is 4. The van der Waals surface area contributed by atoms with Crippen molar-refractivity contribution in [3.8, 4) is 23.0 Å². The van der Waals surface area contributed by atoms with Gasteiger partial charge in [-0.1, -0.05) is 76.2 Å². The summed E-state index contributed by atoms with van der Waals surface area (Å²) in [4.78, 5) is 0. The maximum atomic E-state index is 10.9. The Hall–Kier alpha value is -4.18. The summed E-state index contributed by atoms with van der Waals surface area (Å²) in [6, 6.07) is 25.7. The van der Waals surface area contributed by atoms with Crippen LogP contribution in [0.3, 0.4) is 0 Å². The molecule has 0 spiro atoms. The molecule has 0 unspecified atom stereocenters. The molecular weight excluding hydrogens is 448 g/mol. The average Bonchev–Trinajstić information content (AvgIpc) is 2.83. The van der Waals surface area contributed by atoms with Crippen molar-refractivity contribution in [3.63, 3.8) is 0 Å². The number of phenols is 4. The van der Waals surface area contributed by atoms with Crippen molar-refractivity contribution >= 4 is 21.5 Å². The van der Waals surface area contributed by atoms with E-state index in [1.165, 1.54) is 0 Å². The zero-order valence-corrected chi connectivity index (χ0v) is 20.9. The van der Waals surface area contributed by atoms with E-state index >= 15 is 0 Å². The lowest BCUT2D eigenvalue weighted by molar-refractivity contribution is 0.453. The summed E-state index contributed by atoms with van der Waals surface area (Å²) in [6.45, 7) is 8.24. The fourth-order valence-electron chi connectivity index (χ4n) is 5.50. The highest BCUT2D eigenvalue weighted by atomic mass is 16.3. The van der Waals surface area contributed by atoms with Gasteiger partial charge in [-0.3, -0.25) is 0 Å². The number of aromatic hydroxyl groups is 4. The summed E-state index contributed by atoms with van der Waals surface area (Å²) in [5.74, 6) is 0.678. The molecule has 0 radical (unpaired) electrons. The molecule has 0 saturated carbocycles. The van der Waals surface area contributed by atoms with Crippen LogP contribution in [0.25, 0.3) is 21.5 Å². The first-order chi connectivity index (χ1) is 17.0. The molecule has 5 rings (SSSR count). The Labute approximate surface area is 210 Å². The van der Waals surface area contributed by atoms with E-state index in [0.717, 1.165) is 43.8 Å². The van der Waals surface area contributed by atoms with E-state index < -0.39 is 10.8 Å². The first-order valence-electron chi connectivity index (χ1n) is 12.0. The molecule has 0 aliphatic heterocycles. The second-order valence-electron chi connectivity index (χ2n) is 10.6. The molecule has 0 aliphatic rings. The molecule has 0 amide bonds. The number of phenolic OH excluding ortho intramolecular Hbond substituents is 4. The normalized spacial score (nSPS) is 12.3. The standard InChI is InChI=1S/C32H30O4/c1-31(2,29-25-17-23(33)13-5-19(25)7-15-27(29)35)21-9-11-22(12-10-21)32(3,4)30-26-18-24(34)14-6-20(26)8-16-28(30)36/h5-18,33-36H,1-4H3. The van der Waals surface area contributed by atoms with Gasteiger partial charge in [0.2, 0.25) is 0 Å². The Kier molecular flexibility index (Phi) is 5.36. The van der Waals surface area contributed by atoms with Crippen LogP contribution in [0.4, 0.5) is 0 Å². The lowest BCUT2D eigenvalue weighted by atomic mass is 9.72. The smallest absolute Gasteiger partial charge is 0.120 e. The predicted molar refractivity (Wildman–Crippen MR) is 145 cm³/mol. The maximum absolute atomic E-state index is 10.9. The monoisotopic (exact) mass is 478 g/mol. The van der Waals surface area contributed by atoms with Crippen LogP contribution in [-0.4, -0.2) is 20.4 Å². The van der Waals surface area contributed by atoms with Gasteiger partial charge in [0.05, 0.1) is 0 Å². The van der Waals surface area contributed by atoms with E-state index in [4.69, 9.17) is 0 Å². The number of fused-ring (bicyclic) bond motifs is 2. The van der Waals surface area contributed by atoms with Gasteiger partial charge < -0.3 is 20.4 Å². The number of benzene rings is 5. The summed E-state index contributed by atoms with van der Waals surface area (Å²) in [5, 5.41) is 45.4. The zero-order valence-electron chi connectivity index (χ0n) is 20.9. The molecule has 182 valence electrons. The minimum atomic E-state index is -0.548. The fourth-order valence-corrected chi connectivity index (χ4v) is 5.50. The number of hydrogen-bond acceptors (Lipinski definition) is 4. The minimum absolute atomic E-state index is 0.156. The molecular formula is C32H30O4. The van der Waals surface area contributed by atoms with Gasteiger partial charge in [0.1, 0.15) is 23.0 Å². The van der Waals surface area contributed by atoms with Crippen molar-refractivity contribution < 1.29 is 20.4 Å². The second-order valence-corrected chi connectivity index (χ2v) is 10.6. The van der Waals surface area contributed by atoms with Crippen LogP contribution in [0.1, 0.15) is 49.9 Å². The van der Waals surface area contributed by atoms with Crippen molar-refractivity contribution in [2.45, 2.75) is 38.5 Å². The fraction of sp³-hybridized carbons (Fsp3) is 0.188. The molecule has 36 heavy (non-hydrogen) atoms. The Morgan fingerprint density at radius 2 is 0.778 bits per heavy atom. The molecule has 0 atom stereocenters. The topological polar surface area (TPSA) is 80.9 Å². The molecule has 0 fully saturated rings. The van der Waals surface area contributed by atoms with Crippen LogP contribution in [0, 0.1) is 0 Å². The first kappa shape index (κ1) is 23.6. The highest BCUT2D eigenvalue weighted by molar-refractivity contribution is 5.91. The van der Waals surface area contributed by atoms with Crippen molar-refractivity contribution in [2.75, 3.05) is 0 Å². The van der Waals surface area contributed by atoms with Crippen LogP contribution < -0.4 is 0 Å². The van der Waals surface area contributed by atoms with E-state index in [2.05, 4.69) is 52.0 Å². The lowest BCUT2D eigenvalue weighted by Crippen LogP contribution is -2.22. The largest absolute Gasteiger partial charge is 0.508 e. The third-order valence-corrected chi connectivity index (χ3v) is 7.54. The van der Waals surface area contributed by atoms with E-state index in [-0.39, 0.29) is 23.0 Å². The molecule has 0 saturated heterocycles. The van der Waals surface area contributed by atoms with Gasteiger partial charge >= 0.3 is 0 Å². The highest BCUT2D eigenvalue weighted by Crippen LogP contribution is 2.45. The number of rotatable bonds is 4. The molecule has 5 aromatic rings. The van der Waals surface area contributed by atoms with Gasteiger partial charge in [0.15, 0.2) is 0 Å². The van der Waals surface area contributed by atoms with Gasteiger partial charge in [-0.25, -0.2) is 0 Å². The quantitative estimate of drug-likeness (QED) is 0.216. The molecule has 0 aliphatic carbocycles. The van der Waals surface area contributed by atoms with Crippen molar-refractivity contribution in [3.05, 3.63) is 107 Å². The summed E-state index contributed by atoms with van der Waals surface area (Å²) in [6.07, 6.45) is 0. The van der Waals surface area contributed by atoms with E-state index in [1.807, 2.05) is 24.3 Å². The van der Waals surface area contributed by atoms with Crippen LogP contribution in [0.2, 0.25) is 0 Å². The lowest BCUT2D eigenvalue weighted by Gasteiger charge is -2.31. The SMILES string of the molecule is CC(C)(c1ccc(C(C)(C)c2c(O)ccc3ccc(O)cc23)cc1)c1c(O)ccc2ccc(O)cc12. The van der Waals surface area contributed by atoms with E-state index in [1.54, 1.807) is 36.4 Å². The Balaban J connectivity index is 1.61. The van der Waals surface area contributed by atoms with Gasteiger partial charge in [-0.2, -0.15) is 0 Å². The van der Waals surface area contributed by atoms with Crippen LogP contribution in [-0.2, 0) is 10.8 Å². The molecule has 4 heteroatoms. The predicted octanol–water partition coefficient (Wildman–Crippen LogP) is 7.47. The average molecular weight is 479 g/mol. The van der Waals surface area contributed by atoms with Crippen molar-refractivity contribution in [1.29, 1.82) is 0 Å². The van der Waals surface area contributed by atoms with Gasteiger partial charge in [0, 0.05) is 22.0 Å². The molecule has 0 aromatic heterocycles. The minimum Gasteiger partial charge on any atom is -0.508 e. The van der Waals surface area contributed by atoms with Crippen LogP contribution in [0.15, 0.2) is 84.9 Å². The van der Waals surface area contributed by atoms with Crippen LogP contribution >= 0.6 is 0 Å². The summed E-state index contributed by atoms with van der Waals surface area (Å²) >= 11 is 0. The Morgan fingerprint density at radius 1 is 0.444 bits per heavy atom. The molecule has 5 aromatic carbocycles.